The van der Waals surface area contributed by atoms with Gasteiger partial charge in [0.05, 0.1) is 17.0 Å². The Morgan fingerprint density at radius 1 is 0.872 bits per heavy atom. The molecule has 1 saturated heterocycles. The van der Waals surface area contributed by atoms with Crippen molar-refractivity contribution in [3.8, 4) is 0 Å². The van der Waals surface area contributed by atoms with Gasteiger partial charge in [0.2, 0.25) is 0 Å². The zero-order valence-electron chi connectivity index (χ0n) is 22.9. The summed E-state index contributed by atoms with van der Waals surface area (Å²) in [4.78, 5) is 31.9. The number of fused-ring (bicyclic) bond motifs is 1. The molecular formula is C32H38N4O3. The van der Waals surface area contributed by atoms with E-state index in [0.717, 1.165) is 51.0 Å². The number of rotatable bonds is 10. The summed E-state index contributed by atoms with van der Waals surface area (Å²) in [5.74, 6) is 0. The van der Waals surface area contributed by atoms with Gasteiger partial charge < -0.3 is 14.5 Å². The average molecular weight is 527 g/mol. The van der Waals surface area contributed by atoms with Crippen LogP contribution in [-0.2, 0) is 11.3 Å². The molecule has 0 bridgehead atoms. The first-order chi connectivity index (χ1) is 19.0. The van der Waals surface area contributed by atoms with Crippen LogP contribution >= 0.6 is 0 Å². The minimum atomic E-state index is -0.340. The first-order valence-electron chi connectivity index (χ1n) is 13.9. The fourth-order valence-electron chi connectivity index (χ4n) is 5.45. The predicted molar refractivity (Wildman–Crippen MR) is 158 cm³/mol. The highest BCUT2D eigenvalue weighted by Crippen LogP contribution is 2.30. The fourth-order valence-corrected chi connectivity index (χ4v) is 5.45. The molecule has 0 aliphatic carbocycles. The third kappa shape index (κ3) is 6.49. The number of piperidine rings is 1. The number of nitrogens with zero attached hydrogens (tertiary/aromatic N) is 3. The summed E-state index contributed by atoms with van der Waals surface area (Å²) in [6.07, 6.45) is 4.04. The average Bonchev–Trinajstić information content (AvgIpc) is 2.96. The smallest absolute Gasteiger partial charge is 0.328 e. The minimum absolute atomic E-state index is 0.0533. The largest absolute Gasteiger partial charge is 0.378 e. The molecule has 7 heteroatoms. The van der Waals surface area contributed by atoms with Crippen LogP contribution < -0.4 is 16.1 Å². The van der Waals surface area contributed by atoms with Crippen LogP contribution in [0.2, 0.25) is 0 Å². The molecule has 2 heterocycles. The number of benzene rings is 3. The van der Waals surface area contributed by atoms with Crippen LogP contribution in [0.25, 0.3) is 10.9 Å². The van der Waals surface area contributed by atoms with Gasteiger partial charge in [-0.1, -0.05) is 60.7 Å². The van der Waals surface area contributed by atoms with Gasteiger partial charge in [0.25, 0.3) is 5.56 Å². The van der Waals surface area contributed by atoms with E-state index >= 15 is 0 Å². The van der Waals surface area contributed by atoms with Crippen LogP contribution in [0.4, 0.5) is 5.69 Å². The van der Waals surface area contributed by atoms with Gasteiger partial charge in [-0.25, -0.2) is 4.79 Å². The van der Waals surface area contributed by atoms with E-state index in [1.807, 2.05) is 43.3 Å². The minimum Gasteiger partial charge on any atom is -0.378 e. The van der Waals surface area contributed by atoms with Crippen molar-refractivity contribution in [1.29, 1.82) is 0 Å². The molecule has 5 rings (SSSR count). The second-order valence-electron chi connectivity index (χ2n) is 10.6. The van der Waals surface area contributed by atoms with Crippen LogP contribution in [0.1, 0.15) is 42.9 Å². The molecule has 1 aromatic heterocycles. The maximum Gasteiger partial charge on any atom is 0.328 e. The van der Waals surface area contributed by atoms with Gasteiger partial charge in [0.1, 0.15) is 6.10 Å². The Kier molecular flexibility index (Phi) is 8.59. The molecule has 0 amide bonds. The number of unbranched alkanes of at least 4 members (excludes halogenated alkanes) is 1. The number of aromatic amines is 1. The van der Waals surface area contributed by atoms with Crippen molar-refractivity contribution in [2.75, 3.05) is 38.6 Å². The lowest BCUT2D eigenvalue weighted by Crippen LogP contribution is -2.38. The van der Waals surface area contributed by atoms with Crippen molar-refractivity contribution in [3.05, 3.63) is 111 Å². The highest BCUT2D eigenvalue weighted by molar-refractivity contribution is 5.81. The molecule has 1 N–H and O–H groups in total. The van der Waals surface area contributed by atoms with Gasteiger partial charge in [0.15, 0.2) is 0 Å². The first kappa shape index (κ1) is 26.9. The lowest BCUT2D eigenvalue weighted by molar-refractivity contribution is -0.0271. The van der Waals surface area contributed by atoms with Gasteiger partial charge in [-0.2, -0.15) is 0 Å². The molecule has 7 nitrogen and oxygen atoms in total. The molecule has 0 unspecified atom stereocenters. The van der Waals surface area contributed by atoms with Crippen LogP contribution in [0.15, 0.2) is 88.5 Å². The maximum atomic E-state index is 12.6. The van der Waals surface area contributed by atoms with Crippen molar-refractivity contribution >= 4 is 16.6 Å². The Hall–Kier alpha value is -3.68. The summed E-state index contributed by atoms with van der Waals surface area (Å²) < 4.78 is 8.39. The summed E-state index contributed by atoms with van der Waals surface area (Å²) >= 11 is 0. The number of nitrogens with one attached hydrogen (secondary N) is 1. The number of ether oxygens (including phenoxy) is 1. The number of H-pyrrole nitrogens is 1. The summed E-state index contributed by atoms with van der Waals surface area (Å²) in [6, 6.07) is 26.6. The van der Waals surface area contributed by atoms with Crippen molar-refractivity contribution in [2.24, 2.45) is 0 Å². The standard InChI is InChI=1S/C32H38N4O3/c1-34(2)26-15-16-28-29(23-26)36(32(38)33-31(28)37)20-10-9-19-35-21-17-27(18-22-35)39-30(24-11-5-3-6-12-24)25-13-7-4-8-14-25/h3-8,11-16,23,27,30H,9-10,17-22H2,1-2H3,(H,33,37,38). The van der Waals surface area contributed by atoms with E-state index in [9.17, 15) is 9.59 Å². The van der Waals surface area contributed by atoms with Crippen LogP contribution in [0.3, 0.4) is 0 Å². The van der Waals surface area contributed by atoms with E-state index in [1.54, 1.807) is 10.6 Å². The number of hydrogen-bond acceptors (Lipinski definition) is 5. The number of likely N-dealkylation sites (tertiary alicyclic amines) is 1. The van der Waals surface area contributed by atoms with E-state index in [-0.39, 0.29) is 23.5 Å². The van der Waals surface area contributed by atoms with E-state index in [1.165, 1.54) is 11.1 Å². The molecule has 1 fully saturated rings. The summed E-state index contributed by atoms with van der Waals surface area (Å²) in [7, 11) is 3.91. The Labute approximate surface area is 229 Å². The molecule has 0 saturated carbocycles. The van der Waals surface area contributed by atoms with E-state index < -0.39 is 0 Å². The maximum absolute atomic E-state index is 12.6. The molecule has 1 aliphatic heterocycles. The Morgan fingerprint density at radius 3 is 2.10 bits per heavy atom. The Bertz CT molecular complexity index is 1430. The monoisotopic (exact) mass is 526 g/mol. The highest BCUT2D eigenvalue weighted by atomic mass is 16.5. The first-order valence-corrected chi connectivity index (χ1v) is 13.9. The lowest BCUT2D eigenvalue weighted by atomic mass is 10.00. The molecule has 1 aliphatic rings. The van der Waals surface area contributed by atoms with Crippen LogP contribution in [-0.4, -0.2) is 54.3 Å². The van der Waals surface area contributed by atoms with Gasteiger partial charge >= 0.3 is 5.69 Å². The molecule has 0 spiro atoms. The summed E-state index contributed by atoms with van der Waals surface area (Å²) in [5.41, 5.74) is 3.37. The molecule has 4 aromatic rings. The van der Waals surface area contributed by atoms with Gasteiger partial charge in [-0.05, 0) is 61.6 Å². The third-order valence-electron chi connectivity index (χ3n) is 7.67. The van der Waals surface area contributed by atoms with Crippen LogP contribution in [0.5, 0.6) is 0 Å². The van der Waals surface area contributed by atoms with Gasteiger partial charge in [0, 0.05) is 39.4 Å². The normalized spacial score (nSPS) is 14.7. The van der Waals surface area contributed by atoms with Gasteiger partial charge in [-0.3, -0.25) is 14.3 Å². The van der Waals surface area contributed by atoms with E-state index in [2.05, 4.69) is 58.4 Å². The van der Waals surface area contributed by atoms with Crippen molar-refractivity contribution in [3.63, 3.8) is 0 Å². The quantitative estimate of drug-likeness (QED) is 0.301. The third-order valence-corrected chi connectivity index (χ3v) is 7.67. The molecule has 39 heavy (non-hydrogen) atoms. The molecule has 0 atom stereocenters. The number of aryl methyl sites for hydroxylation is 1. The lowest BCUT2D eigenvalue weighted by Gasteiger charge is -2.34. The Morgan fingerprint density at radius 2 is 1.49 bits per heavy atom. The molecule has 3 aromatic carbocycles. The van der Waals surface area contributed by atoms with Crippen molar-refractivity contribution in [2.45, 2.75) is 44.4 Å². The Balaban J connectivity index is 1.15. The van der Waals surface area contributed by atoms with E-state index in [0.29, 0.717) is 17.4 Å². The second kappa shape index (κ2) is 12.5. The van der Waals surface area contributed by atoms with E-state index in [4.69, 9.17) is 4.74 Å². The number of aromatic nitrogens is 2. The predicted octanol–water partition coefficient (Wildman–Crippen LogP) is 4.81. The zero-order valence-corrected chi connectivity index (χ0v) is 22.9. The second-order valence-corrected chi connectivity index (χ2v) is 10.6. The number of anilines is 1. The SMILES string of the molecule is CN(C)c1ccc2c(=O)[nH]c(=O)n(CCCCN3CCC(OC(c4ccccc4)c4ccccc4)CC3)c2c1. The van der Waals surface area contributed by atoms with Crippen molar-refractivity contribution < 1.29 is 4.74 Å². The van der Waals surface area contributed by atoms with Gasteiger partial charge in [-0.15, -0.1) is 0 Å². The van der Waals surface area contributed by atoms with Crippen molar-refractivity contribution in [1.82, 2.24) is 14.5 Å². The zero-order chi connectivity index (χ0) is 27.2. The molecule has 0 radical (unpaired) electrons. The summed E-state index contributed by atoms with van der Waals surface area (Å²) in [5, 5.41) is 0.548. The molecule has 204 valence electrons. The fraction of sp³-hybridized carbons (Fsp3) is 0.375. The summed E-state index contributed by atoms with van der Waals surface area (Å²) in [6.45, 7) is 3.59. The topological polar surface area (TPSA) is 70.6 Å². The van der Waals surface area contributed by atoms with Crippen LogP contribution in [0, 0.1) is 0 Å². The molecular weight excluding hydrogens is 488 g/mol. The highest BCUT2D eigenvalue weighted by Gasteiger charge is 2.24. The number of hydrogen-bond donors (Lipinski definition) is 1.